The minimum absolute atomic E-state index is 0.110. The van der Waals surface area contributed by atoms with Gasteiger partial charge >= 0.3 is 0 Å². The monoisotopic (exact) mass is 309 g/mol. The Labute approximate surface area is 134 Å². The van der Waals surface area contributed by atoms with E-state index >= 15 is 0 Å². The van der Waals surface area contributed by atoms with Crippen molar-refractivity contribution in [3.8, 4) is 6.07 Å². The number of anilines is 1. The Hall–Kier alpha value is -3.13. The highest BCUT2D eigenvalue weighted by molar-refractivity contribution is 5.97. The first-order valence-corrected chi connectivity index (χ1v) is 7.14. The van der Waals surface area contributed by atoms with E-state index in [4.69, 9.17) is 5.26 Å². The smallest absolute Gasteiger partial charge is 0.263 e. The summed E-state index contributed by atoms with van der Waals surface area (Å²) in [6.45, 7) is 0.418. The molecule has 2 rings (SSSR count). The van der Waals surface area contributed by atoms with Gasteiger partial charge in [-0.05, 0) is 24.1 Å². The van der Waals surface area contributed by atoms with Crippen LogP contribution in [0.2, 0.25) is 0 Å². The Morgan fingerprint density at radius 1 is 1.13 bits per heavy atom. The SMILES string of the molecule is N#C/C(=C/Nc1ccccc1F)C(=O)NCCc1ccccc1. The van der Waals surface area contributed by atoms with E-state index in [1.807, 2.05) is 30.3 Å². The topological polar surface area (TPSA) is 64.9 Å². The third-order valence-electron chi connectivity index (χ3n) is 3.15. The van der Waals surface area contributed by atoms with Crippen LogP contribution in [0.15, 0.2) is 66.4 Å². The Balaban J connectivity index is 1.90. The maximum Gasteiger partial charge on any atom is 0.263 e. The molecule has 0 atom stereocenters. The minimum atomic E-state index is -0.493. The first-order valence-electron chi connectivity index (χ1n) is 7.14. The maximum absolute atomic E-state index is 13.5. The maximum atomic E-state index is 13.5. The standard InChI is InChI=1S/C18H16FN3O/c19-16-8-4-5-9-17(16)22-13-15(12-20)18(23)21-11-10-14-6-2-1-3-7-14/h1-9,13,22H,10-11H2,(H,21,23)/b15-13-. The summed E-state index contributed by atoms with van der Waals surface area (Å²) in [5, 5.41) is 14.3. The van der Waals surface area contributed by atoms with Crippen molar-refractivity contribution in [3.05, 3.63) is 77.8 Å². The van der Waals surface area contributed by atoms with Crippen molar-refractivity contribution in [1.29, 1.82) is 5.26 Å². The summed E-state index contributed by atoms with van der Waals surface area (Å²) in [4.78, 5) is 11.9. The molecule has 0 fully saturated rings. The van der Waals surface area contributed by atoms with Crippen LogP contribution in [0.25, 0.3) is 0 Å². The summed E-state index contributed by atoms with van der Waals surface area (Å²) in [5.74, 6) is -0.946. The van der Waals surface area contributed by atoms with Crippen LogP contribution in [0.1, 0.15) is 5.56 Å². The number of nitriles is 1. The van der Waals surface area contributed by atoms with Gasteiger partial charge in [-0.15, -0.1) is 0 Å². The van der Waals surface area contributed by atoms with E-state index in [1.165, 1.54) is 18.3 Å². The third kappa shape index (κ3) is 4.97. The van der Waals surface area contributed by atoms with Gasteiger partial charge in [-0.25, -0.2) is 4.39 Å². The number of para-hydroxylation sites is 1. The molecule has 23 heavy (non-hydrogen) atoms. The Bertz CT molecular complexity index is 735. The van der Waals surface area contributed by atoms with Crippen molar-refractivity contribution in [2.24, 2.45) is 0 Å². The molecule has 116 valence electrons. The highest BCUT2D eigenvalue weighted by atomic mass is 19.1. The number of carbonyl (C=O) groups is 1. The number of nitrogens with zero attached hydrogens (tertiary/aromatic N) is 1. The molecule has 0 unspecified atom stereocenters. The highest BCUT2D eigenvalue weighted by Crippen LogP contribution is 2.12. The molecule has 0 aromatic heterocycles. The quantitative estimate of drug-likeness (QED) is 0.637. The molecule has 0 radical (unpaired) electrons. The fourth-order valence-corrected chi connectivity index (χ4v) is 1.94. The summed E-state index contributed by atoms with van der Waals surface area (Å²) < 4.78 is 13.5. The number of hydrogen-bond donors (Lipinski definition) is 2. The second-order valence-corrected chi connectivity index (χ2v) is 4.79. The van der Waals surface area contributed by atoms with Crippen LogP contribution in [-0.2, 0) is 11.2 Å². The van der Waals surface area contributed by atoms with Gasteiger partial charge in [-0.1, -0.05) is 42.5 Å². The van der Waals surface area contributed by atoms with Gasteiger partial charge in [0.25, 0.3) is 5.91 Å². The van der Waals surface area contributed by atoms with Gasteiger partial charge < -0.3 is 10.6 Å². The molecular formula is C18H16FN3O. The molecule has 2 aromatic rings. The predicted octanol–water partition coefficient (Wildman–Crippen LogP) is 3.00. The molecule has 2 N–H and O–H groups in total. The van der Waals surface area contributed by atoms with E-state index in [9.17, 15) is 9.18 Å². The van der Waals surface area contributed by atoms with Crippen LogP contribution < -0.4 is 10.6 Å². The van der Waals surface area contributed by atoms with E-state index in [-0.39, 0.29) is 11.3 Å². The zero-order valence-electron chi connectivity index (χ0n) is 12.4. The summed E-state index contributed by atoms with van der Waals surface area (Å²) in [6, 6.07) is 17.5. The lowest BCUT2D eigenvalue weighted by Crippen LogP contribution is -2.27. The molecule has 0 heterocycles. The number of rotatable bonds is 6. The van der Waals surface area contributed by atoms with Crippen LogP contribution in [0.4, 0.5) is 10.1 Å². The van der Waals surface area contributed by atoms with Crippen LogP contribution in [0, 0.1) is 17.1 Å². The van der Waals surface area contributed by atoms with Gasteiger partial charge in [0.2, 0.25) is 0 Å². The highest BCUT2D eigenvalue weighted by Gasteiger charge is 2.08. The molecule has 0 bridgehead atoms. The Morgan fingerprint density at radius 3 is 2.52 bits per heavy atom. The van der Waals surface area contributed by atoms with Gasteiger partial charge in [0.1, 0.15) is 17.5 Å². The molecule has 0 aliphatic carbocycles. The van der Waals surface area contributed by atoms with Crippen molar-refractivity contribution in [3.63, 3.8) is 0 Å². The molecule has 4 nitrogen and oxygen atoms in total. The van der Waals surface area contributed by atoms with E-state index in [2.05, 4.69) is 10.6 Å². The predicted molar refractivity (Wildman–Crippen MR) is 86.9 cm³/mol. The minimum Gasteiger partial charge on any atom is -0.358 e. The van der Waals surface area contributed by atoms with E-state index in [0.29, 0.717) is 13.0 Å². The fourth-order valence-electron chi connectivity index (χ4n) is 1.94. The van der Waals surface area contributed by atoms with E-state index < -0.39 is 11.7 Å². The van der Waals surface area contributed by atoms with Gasteiger partial charge in [0.05, 0.1) is 5.69 Å². The van der Waals surface area contributed by atoms with Crippen molar-refractivity contribution < 1.29 is 9.18 Å². The normalized spacial score (nSPS) is 10.7. The number of hydrogen-bond acceptors (Lipinski definition) is 3. The lowest BCUT2D eigenvalue weighted by Gasteiger charge is -2.06. The molecule has 0 saturated carbocycles. The zero-order valence-corrected chi connectivity index (χ0v) is 12.4. The molecule has 2 aromatic carbocycles. The summed E-state index contributed by atoms with van der Waals surface area (Å²) in [6.07, 6.45) is 1.88. The summed E-state index contributed by atoms with van der Waals surface area (Å²) in [7, 11) is 0. The first kappa shape index (κ1) is 16.2. The van der Waals surface area contributed by atoms with Crippen LogP contribution in [-0.4, -0.2) is 12.5 Å². The van der Waals surface area contributed by atoms with Crippen LogP contribution in [0.3, 0.4) is 0 Å². The van der Waals surface area contributed by atoms with E-state index in [1.54, 1.807) is 18.2 Å². The fraction of sp³-hybridized carbons (Fsp3) is 0.111. The lowest BCUT2D eigenvalue weighted by atomic mass is 10.1. The number of amides is 1. The molecule has 0 aliphatic heterocycles. The van der Waals surface area contributed by atoms with Gasteiger partial charge in [0.15, 0.2) is 0 Å². The Morgan fingerprint density at radius 2 is 1.83 bits per heavy atom. The molecule has 1 amide bonds. The Kier molecular flexibility index (Phi) is 5.89. The largest absolute Gasteiger partial charge is 0.358 e. The first-order chi connectivity index (χ1) is 11.2. The van der Waals surface area contributed by atoms with Crippen LogP contribution in [0.5, 0.6) is 0 Å². The summed E-state index contributed by atoms with van der Waals surface area (Å²) in [5.41, 5.74) is 1.19. The lowest BCUT2D eigenvalue weighted by molar-refractivity contribution is -0.117. The zero-order chi connectivity index (χ0) is 16.5. The second kappa shape index (κ2) is 8.35. The van der Waals surface area contributed by atoms with Gasteiger partial charge in [0, 0.05) is 12.7 Å². The average Bonchev–Trinajstić information content (AvgIpc) is 2.58. The van der Waals surface area contributed by atoms with Crippen molar-refractivity contribution in [2.75, 3.05) is 11.9 Å². The number of nitrogens with one attached hydrogen (secondary N) is 2. The average molecular weight is 309 g/mol. The number of carbonyl (C=O) groups excluding carboxylic acids is 1. The molecule has 5 heteroatoms. The van der Waals surface area contributed by atoms with Crippen LogP contribution >= 0.6 is 0 Å². The summed E-state index contributed by atoms with van der Waals surface area (Å²) >= 11 is 0. The van der Waals surface area contributed by atoms with Gasteiger partial charge in [-0.2, -0.15) is 5.26 Å². The third-order valence-corrected chi connectivity index (χ3v) is 3.15. The van der Waals surface area contributed by atoms with E-state index in [0.717, 1.165) is 5.56 Å². The molecule has 0 saturated heterocycles. The second-order valence-electron chi connectivity index (χ2n) is 4.79. The van der Waals surface area contributed by atoms with Crippen molar-refractivity contribution in [1.82, 2.24) is 5.32 Å². The number of benzene rings is 2. The molecular weight excluding hydrogens is 293 g/mol. The van der Waals surface area contributed by atoms with Crippen molar-refractivity contribution in [2.45, 2.75) is 6.42 Å². The molecule has 0 aliphatic rings. The van der Waals surface area contributed by atoms with Crippen molar-refractivity contribution >= 4 is 11.6 Å². The molecule has 0 spiro atoms. The number of halogens is 1. The van der Waals surface area contributed by atoms with Gasteiger partial charge in [-0.3, -0.25) is 4.79 Å².